The highest BCUT2D eigenvalue weighted by Crippen LogP contribution is 2.13. The summed E-state index contributed by atoms with van der Waals surface area (Å²) in [5.41, 5.74) is 1.21. The predicted octanol–water partition coefficient (Wildman–Crippen LogP) is 2.08. The van der Waals surface area contributed by atoms with Gasteiger partial charge in [-0.05, 0) is 43.5 Å². The van der Waals surface area contributed by atoms with E-state index in [-0.39, 0.29) is 0 Å². The van der Waals surface area contributed by atoms with Gasteiger partial charge in [0, 0.05) is 0 Å². The van der Waals surface area contributed by atoms with Crippen LogP contribution < -0.4 is 10.1 Å². The van der Waals surface area contributed by atoms with Gasteiger partial charge < -0.3 is 15.2 Å². The fourth-order valence-electron chi connectivity index (χ4n) is 1.86. The fourth-order valence-corrected chi connectivity index (χ4v) is 1.86. The molecule has 0 aliphatic rings. The first kappa shape index (κ1) is 14.5. The van der Waals surface area contributed by atoms with Crippen molar-refractivity contribution >= 4 is 5.97 Å². The molecule has 0 amide bonds. The number of aliphatic carboxylic acids is 1. The number of carboxylic acids is 1. The van der Waals surface area contributed by atoms with E-state index in [1.807, 2.05) is 31.2 Å². The van der Waals surface area contributed by atoms with E-state index in [1.165, 1.54) is 5.56 Å². The summed E-state index contributed by atoms with van der Waals surface area (Å²) in [7, 11) is 1.64. The van der Waals surface area contributed by atoms with E-state index in [4.69, 9.17) is 9.84 Å². The molecule has 1 unspecified atom stereocenters. The molecular formula is C14H21NO3. The van der Waals surface area contributed by atoms with Crippen LogP contribution in [0, 0.1) is 0 Å². The molecule has 0 heterocycles. The number of likely N-dealkylation sites (N-methyl/N-ethyl adjacent to an activating group) is 1. The van der Waals surface area contributed by atoms with E-state index in [0.29, 0.717) is 13.0 Å². The predicted molar refractivity (Wildman–Crippen MR) is 71.0 cm³/mol. The summed E-state index contributed by atoms with van der Waals surface area (Å²) in [6.07, 6.45) is 2.39. The molecule has 0 aromatic heterocycles. The Bertz CT molecular complexity index is 362. The molecule has 4 heteroatoms. The van der Waals surface area contributed by atoms with Crippen molar-refractivity contribution in [1.29, 1.82) is 0 Å². The van der Waals surface area contributed by atoms with Gasteiger partial charge in [-0.15, -0.1) is 0 Å². The molecule has 0 saturated heterocycles. The Balaban J connectivity index is 2.37. The maximum Gasteiger partial charge on any atom is 0.320 e. The number of aryl methyl sites for hydroxylation is 1. The van der Waals surface area contributed by atoms with Gasteiger partial charge >= 0.3 is 5.97 Å². The molecule has 1 aromatic rings. The lowest BCUT2D eigenvalue weighted by molar-refractivity contribution is -0.139. The highest BCUT2D eigenvalue weighted by atomic mass is 16.5. The third-order valence-corrected chi connectivity index (χ3v) is 2.87. The highest BCUT2D eigenvalue weighted by molar-refractivity contribution is 5.73. The number of hydrogen-bond donors (Lipinski definition) is 2. The topological polar surface area (TPSA) is 58.6 Å². The van der Waals surface area contributed by atoms with Crippen molar-refractivity contribution in [2.45, 2.75) is 32.2 Å². The van der Waals surface area contributed by atoms with Gasteiger partial charge in [0.05, 0.1) is 7.11 Å². The standard InChI is InChI=1S/C14H21NO3/c1-3-15-13(14(16)17)6-4-5-11-7-9-12(18-2)10-8-11/h7-10,13,15H,3-6H2,1-2H3,(H,16,17). The lowest BCUT2D eigenvalue weighted by Crippen LogP contribution is -2.36. The van der Waals surface area contributed by atoms with Gasteiger partial charge in [0.2, 0.25) is 0 Å². The van der Waals surface area contributed by atoms with Gasteiger partial charge in [-0.25, -0.2) is 0 Å². The zero-order valence-corrected chi connectivity index (χ0v) is 11.0. The molecule has 1 atom stereocenters. The monoisotopic (exact) mass is 251 g/mol. The van der Waals surface area contributed by atoms with Crippen molar-refractivity contribution < 1.29 is 14.6 Å². The first-order valence-electron chi connectivity index (χ1n) is 6.26. The van der Waals surface area contributed by atoms with Gasteiger partial charge in [0.15, 0.2) is 0 Å². The third-order valence-electron chi connectivity index (χ3n) is 2.87. The van der Waals surface area contributed by atoms with Crippen LogP contribution in [0.3, 0.4) is 0 Å². The van der Waals surface area contributed by atoms with E-state index < -0.39 is 12.0 Å². The van der Waals surface area contributed by atoms with E-state index in [1.54, 1.807) is 7.11 Å². The second kappa shape index (κ2) is 7.71. The summed E-state index contributed by atoms with van der Waals surface area (Å²) in [5, 5.41) is 12.0. The molecule has 1 aromatic carbocycles. The van der Waals surface area contributed by atoms with E-state index in [0.717, 1.165) is 18.6 Å². The minimum Gasteiger partial charge on any atom is -0.497 e. The van der Waals surface area contributed by atoms with Gasteiger partial charge in [0.1, 0.15) is 11.8 Å². The van der Waals surface area contributed by atoms with Gasteiger partial charge in [-0.3, -0.25) is 4.79 Å². The number of hydrogen-bond acceptors (Lipinski definition) is 3. The normalized spacial score (nSPS) is 12.1. The molecule has 0 bridgehead atoms. The number of carboxylic acid groups (broad SMARTS) is 1. The lowest BCUT2D eigenvalue weighted by Gasteiger charge is -2.12. The van der Waals surface area contributed by atoms with Crippen molar-refractivity contribution in [2.75, 3.05) is 13.7 Å². The minimum atomic E-state index is -0.772. The minimum absolute atomic E-state index is 0.437. The van der Waals surface area contributed by atoms with Crippen LogP contribution in [0.1, 0.15) is 25.3 Å². The summed E-state index contributed by atoms with van der Waals surface area (Å²) in [5.74, 6) is 0.0707. The maximum atomic E-state index is 10.9. The molecule has 0 radical (unpaired) electrons. The molecule has 1 rings (SSSR count). The zero-order valence-electron chi connectivity index (χ0n) is 11.0. The van der Waals surface area contributed by atoms with Crippen molar-refractivity contribution in [3.63, 3.8) is 0 Å². The first-order valence-corrected chi connectivity index (χ1v) is 6.26. The first-order chi connectivity index (χ1) is 8.67. The number of nitrogens with one attached hydrogen (secondary N) is 1. The Morgan fingerprint density at radius 3 is 2.56 bits per heavy atom. The average Bonchev–Trinajstić information content (AvgIpc) is 2.38. The second-order valence-corrected chi connectivity index (χ2v) is 4.19. The van der Waals surface area contributed by atoms with E-state index >= 15 is 0 Å². The van der Waals surface area contributed by atoms with Crippen molar-refractivity contribution in [1.82, 2.24) is 5.32 Å². The summed E-state index contributed by atoms with van der Waals surface area (Å²) >= 11 is 0. The second-order valence-electron chi connectivity index (χ2n) is 4.19. The van der Waals surface area contributed by atoms with Gasteiger partial charge in [-0.2, -0.15) is 0 Å². The Morgan fingerprint density at radius 2 is 2.06 bits per heavy atom. The van der Waals surface area contributed by atoms with Crippen LogP contribution in [0.2, 0.25) is 0 Å². The molecule has 18 heavy (non-hydrogen) atoms. The summed E-state index contributed by atoms with van der Waals surface area (Å²) in [6.45, 7) is 2.60. The van der Waals surface area contributed by atoms with Crippen LogP contribution in [0.25, 0.3) is 0 Å². The maximum absolute atomic E-state index is 10.9. The molecule has 0 spiro atoms. The van der Waals surface area contributed by atoms with Crippen LogP contribution in [-0.2, 0) is 11.2 Å². The number of methoxy groups -OCH3 is 1. The number of rotatable bonds is 8. The van der Waals surface area contributed by atoms with Gasteiger partial charge in [-0.1, -0.05) is 19.1 Å². The highest BCUT2D eigenvalue weighted by Gasteiger charge is 2.14. The quantitative estimate of drug-likeness (QED) is 0.742. The molecule has 2 N–H and O–H groups in total. The lowest BCUT2D eigenvalue weighted by atomic mass is 10.0. The van der Waals surface area contributed by atoms with E-state index in [2.05, 4.69) is 5.32 Å². The fraction of sp³-hybridized carbons (Fsp3) is 0.500. The Morgan fingerprint density at radius 1 is 1.39 bits per heavy atom. The van der Waals surface area contributed by atoms with Crippen molar-refractivity contribution in [3.05, 3.63) is 29.8 Å². The van der Waals surface area contributed by atoms with E-state index in [9.17, 15) is 4.79 Å². The van der Waals surface area contributed by atoms with Crippen molar-refractivity contribution in [2.24, 2.45) is 0 Å². The molecule has 4 nitrogen and oxygen atoms in total. The third kappa shape index (κ3) is 4.75. The Kier molecular flexibility index (Phi) is 6.22. The molecule has 0 aliphatic heterocycles. The average molecular weight is 251 g/mol. The molecule has 100 valence electrons. The van der Waals surface area contributed by atoms with Crippen molar-refractivity contribution in [3.8, 4) is 5.75 Å². The van der Waals surface area contributed by atoms with Crippen LogP contribution in [0.15, 0.2) is 24.3 Å². The Labute approximate surface area is 108 Å². The molecule has 0 fully saturated rings. The smallest absolute Gasteiger partial charge is 0.320 e. The largest absolute Gasteiger partial charge is 0.497 e. The number of benzene rings is 1. The SMILES string of the molecule is CCNC(CCCc1ccc(OC)cc1)C(=O)O. The van der Waals surface area contributed by atoms with Crippen LogP contribution in [0.5, 0.6) is 5.75 Å². The number of ether oxygens (including phenoxy) is 1. The van der Waals surface area contributed by atoms with Gasteiger partial charge in [0.25, 0.3) is 0 Å². The summed E-state index contributed by atoms with van der Waals surface area (Å²) in [4.78, 5) is 10.9. The van der Waals surface area contributed by atoms with Crippen LogP contribution in [0.4, 0.5) is 0 Å². The number of carbonyl (C=O) groups is 1. The summed E-state index contributed by atoms with van der Waals surface area (Å²) < 4.78 is 5.09. The zero-order chi connectivity index (χ0) is 13.4. The Hall–Kier alpha value is -1.55. The summed E-state index contributed by atoms with van der Waals surface area (Å²) in [6, 6.07) is 7.44. The molecule has 0 aliphatic carbocycles. The van der Waals surface area contributed by atoms with Crippen LogP contribution >= 0.6 is 0 Å². The van der Waals surface area contributed by atoms with Crippen LogP contribution in [-0.4, -0.2) is 30.8 Å². The molecular weight excluding hydrogens is 230 g/mol. The molecule has 0 saturated carbocycles.